The Morgan fingerprint density at radius 1 is 1.28 bits per heavy atom. The van der Waals surface area contributed by atoms with E-state index in [4.69, 9.17) is 15.9 Å². The van der Waals surface area contributed by atoms with Gasteiger partial charge in [-0.25, -0.2) is 0 Å². The van der Waals surface area contributed by atoms with Crippen LogP contribution in [-0.2, 0) is 9.31 Å². The first-order valence-electron chi connectivity index (χ1n) is 5.39. The molecular formula is C13H20BFO2Tm-2. The SMILES string of the molecule is [CH-]=CC(F)=CC([CH]=[Tm])B1OC(C)(C)C(C)(C)O1.[CH3-]. The van der Waals surface area contributed by atoms with E-state index in [9.17, 15) is 4.39 Å². The monoisotopic (exact) mass is 407 g/mol. The molecule has 0 amide bonds. The van der Waals surface area contributed by atoms with Gasteiger partial charge >= 0.3 is 127 Å². The fourth-order valence-electron chi connectivity index (χ4n) is 1.43. The zero-order chi connectivity index (χ0) is 13.3. The number of hydrogen-bond acceptors (Lipinski definition) is 2. The van der Waals surface area contributed by atoms with Crippen molar-refractivity contribution in [1.29, 1.82) is 0 Å². The molecule has 0 saturated carbocycles. The van der Waals surface area contributed by atoms with E-state index in [0.29, 0.717) is 0 Å². The van der Waals surface area contributed by atoms with Crippen LogP contribution in [-0.4, -0.2) is 20.5 Å². The summed E-state index contributed by atoms with van der Waals surface area (Å²) in [6, 6.07) is 0. The smallest absolute Gasteiger partial charge is 0.358 e. The molecule has 18 heavy (non-hydrogen) atoms. The standard InChI is InChI=1S/C12H17BFO2.CH3.Tm/c1-7-10(14)8-9(2)13-15-11(3,4)12(5,6)16-13;;/h1-2,7-9H,3-6H3;1H3;/q2*-1;. The van der Waals surface area contributed by atoms with Crippen LogP contribution < -0.4 is 0 Å². The first kappa shape index (κ1) is 18.5. The summed E-state index contributed by atoms with van der Waals surface area (Å²) in [7, 11) is -0.504. The first-order valence-corrected chi connectivity index (χ1v) is 6.42. The van der Waals surface area contributed by atoms with Crippen molar-refractivity contribution < 1.29 is 48.1 Å². The minimum Gasteiger partial charge on any atom is -0.358 e. The molecule has 1 saturated heterocycles. The molecular weight excluding hydrogens is 387 g/mol. The van der Waals surface area contributed by atoms with E-state index in [2.05, 4.69) is 34.4 Å². The normalized spacial score (nSPS) is 23.3. The topological polar surface area (TPSA) is 18.5 Å². The largest absolute Gasteiger partial charge is 0.358 e. The summed E-state index contributed by atoms with van der Waals surface area (Å²) in [4.78, 5) is 0. The van der Waals surface area contributed by atoms with Crippen molar-refractivity contribution in [2.45, 2.75) is 44.7 Å². The molecule has 0 N–H and O–H groups in total. The summed E-state index contributed by atoms with van der Waals surface area (Å²) in [5.74, 6) is -0.791. The Balaban J connectivity index is 0.00000289. The summed E-state index contributed by atoms with van der Waals surface area (Å²) >= 11 is 2.65. The van der Waals surface area contributed by atoms with Gasteiger partial charge in [0.25, 0.3) is 0 Å². The molecule has 0 aromatic rings. The number of hydrogen-bond donors (Lipinski definition) is 0. The van der Waals surface area contributed by atoms with Crippen LogP contribution in [0.4, 0.5) is 4.39 Å². The third kappa shape index (κ3) is 3.99. The molecule has 1 rings (SSSR count). The summed E-state index contributed by atoms with van der Waals surface area (Å²) in [5, 5.41) is 0. The van der Waals surface area contributed by atoms with Crippen LogP contribution in [0.3, 0.4) is 0 Å². The van der Waals surface area contributed by atoms with Crippen LogP contribution in [0.15, 0.2) is 18.0 Å². The van der Waals surface area contributed by atoms with Gasteiger partial charge in [-0.15, -0.1) is 0 Å². The minimum atomic E-state index is -0.504. The molecule has 0 aromatic heterocycles. The maximum Gasteiger partial charge on any atom is -0.358 e. The van der Waals surface area contributed by atoms with Crippen LogP contribution in [0.25, 0.3) is 0 Å². The summed E-state index contributed by atoms with van der Waals surface area (Å²) < 4.78 is 26.5. The van der Waals surface area contributed by atoms with Gasteiger partial charge in [0, 0.05) is 0 Å². The van der Waals surface area contributed by atoms with E-state index in [1.54, 1.807) is 2.21 Å². The Morgan fingerprint density at radius 3 is 2.06 bits per heavy atom. The zero-order valence-corrected chi connectivity index (χ0v) is 13.2. The molecule has 1 unspecified atom stereocenters. The average molecular weight is 407 g/mol. The Bertz CT molecular complexity index is 337. The number of halogens is 1. The molecule has 2 nitrogen and oxygen atoms in total. The Hall–Kier alpha value is 0.499. The third-order valence-corrected chi connectivity index (χ3v) is 3.89. The van der Waals surface area contributed by atoms with Gasteiger partial charge in [0.1, 0.15) is 0 Å². The van der Waals surface area contributed by atoms with Gasteiger partial charge in [-0.1, -0.05) is 0 Å². The Labute approximate surface area is 133 Å². The molecule has 1 atom stereocenters. The van der Waals surface area contributed by atoms with E-state index in [0.717, 1.165) is 6.08 Å². The van der Waals surface area contributed by atoms with Gasteiger partial charge in [0.05, 0.1) is 0 Å². The fraction of sp³-hybridized carbons (Fsp3) is 0.538. The zero-order valence-electron chi connectivity index (χ0n) is 11.4. The molecule has 1 heterocycles. The van der Waals surface area contributed by atoms with Crippen molar-refractivity contribution in [2.24, 2.45) is 0 Å². The van der Waals surface area contributed by atoms with Crippen LogP contribution in [0.5, 0.6) is 0 Å². The summed E-state index contributed by atoms with van der Waals surface area (Å²) in [6.45, 7) is 12.9. The van der Waals surface area contributed by atoms with Crippen molar-refractivity contribution in [3.8, 4) is 0 Å². The molecule has 0 bridgehead atoms. The first-order chi connectivity index (χ1) is 7.73. The number of rotatable bonds is 4. The quantitative estimate of drug-likeness (QED) is 0.405. The maximum absolute atomic E-state index is 13.1. The number of allylic oxidation sites excluding steroid dienone is 3. The molecule has 5 heteroatoms. The van der Waals surface area contributed by atoms with Crippen LogP contribution in [0.2, 0.25) is 5.82 Å². The fourth-order valence-corrected chi connectivity index (χ4v) is 1.88. The minimum absolute atomic E-state index is 0. The van der Waals surface area contributed by atoms with Crippen molar-refractivity contribution in [3.63, 3.8) is 0 Å². The predicted molar refractivity (Wildman–Crippen MR) is 70.4 cm³/mol. The molecule has 0 radical (unpaired) electrons. The Kier molecular flexibility index (Phi) is 6.97. The van der Waals surface area contributed by atoms with E-state index >= 15 is 0 Å². The molecule has 1 aliphatic rings. The van der Waals surface area contributed by atoms with Crippen molar-refractivity contribution >= 4 is 9.33 Å². The predicted octanol–water partition coefficient (Wildman–Crippen LogP) is 3.09. The van der Waals surface area contributed by atoms with Crippen molar-refractivity contribution in [1.82, 2.24) is 0 Å². The molecule has 1 aliphatic heterocycles. The maximum atomic E-state index is 13.1. The second kappa shape index (κ2) is 6.78. The van der Waals surface area contributed by atoms with Gasteiger partial charge < -0.3 is 7.43 Å². The van der Waals surface area contributed by atoms with Crippen molar-refractivity contribution in [3.05, 3.63) is 32.0 Å². The molecule has 1 fully saturated rings. The van der Waals surface area contributed by atoms with Crippen LogP contribution in [0, 0.1) is 48.4 Å². The second-order valence-electron chi connectivity index (χ2n) is 5.01. The summed E-state index contributed by atoms with van der Waals surface area (Å²) in [5.41, 5.74) is -0.839. The average Bonchev–Trinajstić information content (AvgIpc) is 2.44. The molecule has 109 valence electrons. The van der Waals surface area contributed by atoms with E-state index in [1.807, 2.05) is 27.7 Å². The second-order valence-corrected chi connectivity index (χ2v) is 5.61. The van der Waals surface area contributed by atoms with Gasteiger partial charge in [-0.3, -0.25) is 0 Å². The van der Waals surface area contributed by atoms with Crippen LogP contribution >= 0.6 is 0 Å². The van der Waals surface area contributed by atoms with Gasteiger partial charge in [0.15, 0.2) is 0 Å². The molecule has 0 aliphatic carbocycles. The van der Waals surface area contributed by atoms with Crippen LogP contribution in [0.1, 0.15) is 27.7 Å². The van der Waals surface area contributed by atoms with Gasteiger partial charge in [-0.2, -0.15) is 0 Å². The molecule has 0 aromatic carbocycles. The van der Waals surface area contributed by atoms with Crippen molar-refractivity contribution in [2.75, 3.05) is 0 Å². The van der Waals surface area contributed by atoms with E-state index < -0.39 is 24.1 Å². The van der Waals surface area contributed by atoms with Gasteiger partial charge in [-0.05, 0) is 0 Å². The summed E-state index contributed by atoms with van der Waals surface area (Å²) in [6.07, 6.45) is 2.30. The van der Waals surface area contributed by atoms with E-state index in [-0.39, 0.29) is 13.2 Å². The van der Waals surface area contributed by atoms with E-state index in [1.165, 1.54) is 6.08 Å². The molecule has 0 spiro atoms. The van der Waals surface area contributed by atoms with Gasteiger partial charge in [0.2, 0.25) is 0 Å². The Morgan fingerprint density at radius 2 is 1.72 bits per heavy atom. The third-order valence-electron chi connectivity index (χ3n) is 3.20.